The van der Waals surface area contributed by atoms with Gasteiger partial charge in [0.25, 0.3) is 0 Å². The van der Waals surface area contributed by atoms with Crippen LogP contribution >= 0.6 is 11.6 Å². The van der Waals surface area contributed by atoms with Crippen molar-refractivity contribution in [2.24, 2.45) is 7.05 Å². The van der Waals surface area contributed by atoms with Crippen molar-refractivity contribution in [2.45, 2.75) is 13.1 Å². The summed E-state index contributed by atoms with van der Waals surface area (Å²) in [7, 11) is 1.69. The Kier molecular flexibility index (Phi) is 5.73. The van der Waals surface area contributed by atoms with Gasteiger partial charge in [-0.3, -0.25) is 9.48 Å². The molecule has 1 amide bonds. The van der Waals surface area contributed by atoms with Crippen LogP contribution in [0.25, 0.3) is 6.08 Å². The van der Waals surface area contributed by atoms with Gasteiger partial charge in [0, 0.05) is 24.4 Å². The first-order chi connectivity index (χ1) is 11.7. The van der Waals surface area contributed by atoms with Gasteiger partial charge in [-0.1, -0.05) is 11.6 Å². The van der Waals surface area contributed by atoms with Gasteiger partial charge in [0.1, 0.15) is 10.9 Å². The van der Waals surface area contributed by atoms with E-state index in [1.165, 1.54) is 35.0 Å². The number of benzene rings is 1. The van der Waals surface area contributed by atoms with E-state index in [0.29, 0.717) is 22.1 Å². The molecule has 0 radical (unpaired) electrons. The zero-order chi connectivity index (χ0) is 18.6. The molecule has 0 atom stereocenters. The van der Waals surface area contributed by atoms with Crippen LogP contribution in [0.15, 0.2) is 30.3 Å². The number of nitrogens with one attached hydrogen (secondary N) is 1. The van der Waals surface area contributed by atoms with Crippen LogP contribution in [0.2, 0.25) is 5.15 Å². The minimum Gasteiger partial charge on any atom is -0.484 e. The second-order valence-electron chi connectivity index (χ2n) is 5.16. The Morgan fingerprint density at radius 2 is 2.00 bits per heavy atom. The molecular formula is C16H15ClF3N3O2. The van der Waals surface area contributed by atoms with Gasteiger partial charge in [-0.25, -0.2) is 0 Å². The lowest BCUT2D eigenvalue weighted by Crippen LogP contribution is -2.19. The van der Waals surface area contributed by atoms with Crippen LogP contribution in [-0.4, -0.2) is 28.5 Å². The quantitative estimate of drug-likeness (QED) is 0.807. The Morgan fingerprint density at radius 1 is 1.36 bits per heavy atom. The van der Waals surface area contributed by atoms with Crippen LogP contribution < -0.4 is 10.1 Å². The number of alkyl halides is 3. The number of aryl methyl sites for hydroxylation is 2. The molecule has 0 unspecified atom stereocenters. The highest BCUT2D eigenvalue weighted by Gasteiger charge is 2.28. The summed E-state index contributed by atoms with van der Waals surface area (Å²) in [5, 5.41) is 7.12. The average molecular weight is 374 g/mol. The Balaban J connectivity index is 1.95. The molecule has 5 nitrogen and oxygen atoms in total. The van der Waals surface area contributed by atoms with E-state index < -0.39 is 18.7 Å². The molecule has 134 valence electrons. The van der Waals surface area contributed by atoms with Crippen LogP contribution in [0.5, 0.6) is 5.75 Å². The molecule has 9 heteroatoms. The number of aromatic nitrogens is 2. The molecule has 0 aliphatic heterocycles. The van der Waals surface area contributed by atoms with Crippen molar-refractivity contribution in [2.75, 3.05) is 11.9 Å². The van der Waals surface area contributed by atoms with E-state index in [0.717, 1.165) is 0 Å². The molecule has 25 heavy (non-hydrogen) atoms. The predicted octanol–water partition coefficient (Wildman–Crippen LogP) is 3.97. The minimum atomic E-state index is -4.40. The SMILES string of the molecule is Cc1nn(C)c(Cl)c1/C=C/C(=O)Nc1ccc(OCC(F)(F)F)cc1. The lowest BCUT2D eigenvalue weighted by atomic mass is 10.2. The number of amides is 1. The number of carbonyl (C=O) groups excluding carboxylic acids is 1. The van der Waals surface area contributed by atoms with E-state index in [2.05, 4.69) is 15.2 Å². The van der Waals surface area contributed by atoms with Crippen molar-refractivity contribution in [1.29, 1.82) is 0 Å². The van der Waals surface area contributed by atoms with Crippen LogP contribution in [0.4, 0.5) is 18.9 Å². The molecule has 0 aliphatic rings. The maximum absolute atomic E-state index is 12.1. The topological polar surface area (TPSA) is 56.2 Å². The van der Waals surface area contributed by atoms with Gasteiger partial charge >= 0.3 is 6.18 Å². The van der Waals surface area contributed by atoms with E-state index in [1.54, 1.807) is 20.0 Å². The van der Waals surface area contributed by atoms with Crippen LogP contribution in [-0.2, 0) is 11.8 Å². The van der Waals surface area contributed by atoms with Gasteiger partial charge in [-0.05, 0) is 37.3 Å². The fraction of sp³-hybridized carbons (Fsp3) is 0.250. The van der Waals surface area contributed by atoms with Crippen LogP contribution in [0, 0.1) is 6.92 Å². The number of nitrogens with zero attached hydrogens (tertiary/aromatic N) is 2. The number of ether oxygens (including phenoxy) is 1. The fourth-order valence-corrected chi connectivity index (χ4v) is 2.22. The summed E-state index contributed by atoms with van der Waals surface area (Å²) in [4.78, 5) is 11.9. The monoisotopic (exact) mass is 373 g/mol. The Bertz CT molecular complexity index is 783. The fourth-order valence-electron chi connectivity index (χ4n) is 1.98. The minimum absolute atomic E-state index is 0.0589. The third-order valence-corrected chi connectivity index (χ3v) is 3.57. The summed E-state index contributed by atoms with van der Waals surface area (Å²) in [6, 6.07) is 5.57. The molecule has 2 aromatic rings. The van der Waals surface area contributed by atoms with Crippen molar-refractivity contribution in [1.82, 2.24) is 9.78 Å². The summed E-state index contributed by atoms with van der Waals surface area (Å²) < 4.78 is 42.3. The summed E-state index contributed by atoms with van der Waals surface area (Å²) >= 11 is 6.06. The Hall–Kier alpha value is -2.48. The van der Waals surface area contributed by atoms with Gasteiger partial charge in [-0.15, -0.1) is 0 Å². The standard InChI is InChI=1S/C16H15ClF3N3O2/c1-10-13(15(17)23(2)22-10)7-8-14(24)21-11-3-5-12(6-4-11)25-9-16(18,19)20/h3-8H,9H2,1-2H3,(H,21,24)/b8-7+. The maximum atomic E-state index is 12.1. The van der Waals surface area contributed by atoms with Gasteiger partial charge in [0.2, 0.25) is 5.91 Å². The third kappa shape index (κ3) is 5.53. The zero-order valence-electron chi connectivity index (χ0n) is 13.4. The van der Waals surface area contributed by atoms with Gasteiger partial charge in [-0.2, -0.15) is 18.3 Å². The molecule has 1 aromatic heterocycles. The second-order valence-corrected chi connectivity index (χ2v) is 5.52. The number of anilines is 1. The molecule has 0 spiro atoms. The zero-order valence-corrected chi connectivity index (χ0v) is 14.1. The van der Waals surface area contributed by atoms with Crippen LogP contribution in [0.3, 0.4) is 0 Å². The Morgan fingerprint density at radius 3 is 2.52 bits per heavy atom. The van der Waals surface area contributed by atoms with Gasteiger partial charge < -0.3 is 10.1 Å². The molecule has 1 aromatic carbocycles. The largest absolute Gasteiger partial charge is 0.484 e. The molecule has 0 bridgehead atoms. The first kappa shape index (κ1) is 18.9. The van der Waals surface area contributed by atoms with Gasteiger partial charge in [0.15, 0.2) is 6.61 Å². The normalized spacial score (nSPS) is 11.8. The summed E-state index contributed by atoms with van der Waals surface area (Å²) in [5.74, 6) is -0.355. The average Bonchev–Trinajstić information content (AvgIpc) is 2.77. The molecule has 2 rings (SSSR count). The van der Waals surface area contributed by atoms with E-state index >= 15 is 0 Å². The van der Waals surface area contributed by atoms with E-state index in [1.807, 2.05) is 0 Å². The van der Waals surface area contributed by atoms with E-state index in [9.17, 15) is 18.0 Å². The summed E-state index contributed by atoms with van der Waals surface area (Å²) in [6.45, 7) is 0.399. The van der Waals surface area contributed by atoms with Crippen molar-refractivity contribution in [3.63, 3.8) is 0 Å². The number of halogens is 4. The number of hydrogen-bond donors (Lipinski definition) is 1. The molecule has 1 heterocycles. The van der Waals surface area contributed by atoms with Gasteiger partial charge in [0.05, 0.1) is 5.69 Å². The number of rotatable bonds is 5. The van der Waals surface area contributed by atoms with Crippen molar-refractivity contribution in [3.05, 3.63) is 46.8 Å². The smallest absolute Gasteiger partial charge is 0.422 e. The lowest BCUT2D eigenvalue weighted by Gasteiger charge is -2.09. The maximum Gasteiger partial charge on any atom is 0.422 e. The van der Waals surface area contributed by atoms with Crippen LogP contribution in [0.1, 0.15) is 11.3 Å². The van der Waals surface area contributed by atoms with Crippen molar-refractivity contribution in [3.8, 4) is 5.75 Å². The highest BCUT2D eigenvalue weighted by Crippen LogP contribution is 2.21. The highest BCUT2D eigenvalue weighted by molar-refractivity contribution is 6.31. The van der Waals surface area contributed by atoms with E-state index in [4.69, 9.17) is 11.6 Å². The van der Waals surface area contributed by atoms with Crippen molar-refractivity contribution >= 4 is 29.3 Å². The molecular weight excluding hydrogens is 359 g/mol. The molecule has 0 aliphatic carbocycles. The second kappa shape index (κ2) is 7.60. The molecule has 0 saturated carbocycles. The number of carbonyl (C=O) groups is 1. The highest BCUT2D eigenvalue weighted by atomic mass is 35.5. The third-order valence-electron chi connectivity index (χ3n) is 3.12. The van der Waals surface area contributed by atoms with Crippen molar-refractivity contribution < 1.29 is 22.7 Å². The Labute approximate surface area is 147 Å². The summed E-state index contributed by atoms with van der Waals surface area (Å²) in [5.41, 5.74) is 1.74. The summed E-state index contributed by atoms with van der Waals surface area (Å²) in [6.07, 6.45) is -1.56. The lowest BCUT2D eigenvalue weighted by molar-refractivity contribution is -0.153. The number of hydrogen-bond acceptors (Lipinski definition) is 3. The first-order valence-corrected chi connectivity index (χ1v) is 7.51. The first-order valence-electron chi connectivity index (χ1n) is 7.13. The predicted molar refractivity (Wildman–Crippen MR) is 88.6 cm³/mol. The molecule has 0 fully saturated rings. The van der Waals surface area contributed by atoms with E-state index in [-0.39, 0.29) is 5.75 Å². The molecule has 0 saturated heterocycles. The molecule has 1 N–H and O–H groups in total.